The molecule has 3 aromatic rings. The number of nitrogens with zero attached hydrogens (tertiary/aromatic N) is 3. The Morgan fingerprint density at radius 2 is 1.82 bits per heavy atom. The lowest BCUT2D eigenvalue weighted by Crippen LogP contribution is -2.27. The molecule has 2 heterocycles. The molecule has 0 aliphatic rings. The van der Waals surface area contributed by atoms with Crippen LogP contribution in [0.5, 0.6) is 0 Å². The van der Waals surface area contributed by atoms with Gasteiger partial charge >= 0.3 is 5.97 Å². The number of benzene rings is 1. The summed E-state index contributed by atoms with van der Waals surface area (Å²) < 4.78 is 4.73. The molecule has 0 saturated heterocycles. The number of ether oxygens (including phenoxy) is 1. The average Bonchev–Trinajstić information content (AvgIpc) is 2.67. The first kappa shape index (κ1) is 19.3. The Morgan fingerprint density at radius 1 is 1.07 bits per heavy atom. The minimum absolute atomic E-state index is 0.188. The van der Waals surface area contributed by atoms with E-state index in [1.807, 2.05) is 39.0 Å². The van der Waals surface area contributed by atoms with Gasteiger partial charge in [0.25, 0.3) is 0 Å². The van der Waals surface area contributed by atoms with Crippen LogP contribution >= 0.6 is 0 Å². The Labute approximate surface area is 164 Å². The van der Waals surface area contributed by atoms with Gasteiger partial charge in [-0.25, -0.2) is 9.78 Å². The Balaban J connectivity index is 1.93. The molecule has 3 rings (SSSR count). The summed E-state index contributed by atoms with van der Waals surface area (Å²) in [5.41, 5.74) is 2.74. The molecule has 28 heavy (non-hydrogen) atoms. The molecule has 0 bridgehead atoms. The van der Waals surface area contributed by atoms with Crippen molar-refractivity contribution in [2.75, 3.05) is 17.7 Å². The Morgan fingerprint density at radius 3 is 2.43 bits per heavy atom. The summed E-state index contributed by atoms with van der Waals surface area (Å²) in [5, 5.41) is 6.57. The Bertz CT molecular complexity index is 951. The summed E-state index contributed by atoms with van der Waals surface area (Å²) >= 11 is 0. The molecule has 2 aromatic heterocycles. The predicted molar refractivity (Wildman–Crippen MR) is 110 cm³/mol. The molecule has 0 spiro atoms. The molecule has 144 valence electrons. The zero-order chi connectivity index (χ0) is 20.1. The normalized spacial score (nSPS) is 11.0. The lowest BCUT2D eigenvalue weighted by Gasteiger charge is -2.21. The van der Waals surface area contributed by atoms with E-state index in [0.29, 0.717) is 17.3 Å². The number of anilines is 3. The lowest BCUT2D eigenvalue weighted by atomic mass is 10.1. The van der Waals surface area contributed by atoms with E-state index < -0.39 is 0 Å². The van der Waals surface area contributed by atoms with Gasteiger partial charge in [0.1, 0.15) is 5.82 Å². The fourth-order valence-electron chi connectivity index (χ4n) is 2.52. The van der Waals surface area contributed by atoms with Crippen molar-refractivity contribution in [1.82, 2.24) is 15.0 Å². The van der Waals surface area contributed by atoms with Crippen LogP contribution in [0.2, 0.25) is 0 Å². The van der Waals surface area contributed by atoms with E-state index in [2.05, 4.69) is 25.6 Å². The number of hydrogen-bond donors (Lipinski definition) is 2. The summed E-state index contributed by atoms with van der Waals surface area (Å²) in [6.07, 6.45) is 3.49. The second-order valence-electron chi connectivity index (χ2n) is 7.27. The van der Waals surface area contributed by atoms with E-state index in [1.54, 1.807) is 36.7 Å². The maximum absolute atomic E-state index is 11.6. The van der Waals surface area contributed by atoms with Crippen molar-refractivity contribution in [1.29, 1.82) is 0 Å². The van der Waals surface area contributed by atoms with Gasteiger partial charge < -0.3 is 15.4 Å². The van der Waals surface area contributed by atoms with Crippen molar-refractivity contribution in [2.24, 2.45) is 0 Å². The maximum Gasteiger partial charge on any atom is 0.337 e. The molecule has 0 aliphatic carbocycles. The van der Waals surface area contributed by atoms with Crippen molar-refractivity contribution < 1.29 is 9.53 Å². The lowest BCUT2D eigenvalue weighted by molar-refractivity contribution is 0.0601. The van der Waals surface area contributed by atoms with Crippen LogP contribution in [0.15, 0.2) is 54.9 Å². The quantitative estimate of drug-likeness (QED) is 0.642. The van der Waals surface area contributed by atoms with Gasteiger partial charge in [-0.15, -0.1) is 0 Å². The van der Waals surface area contributed by atoms with Crippen molar-refractivity contribution in [2.45, 2.75) is 26.3 Å². The van der Waals surface area contributed by atoms with Crippen LogP contribution in [0.3, 0.4) is 0 Å². The van der Waals surface area contributed by atoms with Crippen LogP contribution in [-0.4, -0.2) is 33.6 Å². The van der Waals surface area contributed by atoms with Crippen LogP contribution in [0.4, 0.5) is 17.5 Å². The Hall–Kier alpha value is -3.48. The van der Waals surface area contributed by atoms with Gasteiger partial charge in [-0.1, -0.05) is 0 Å². The van der Waals surface area contributed by atoms with Crippen molar-refractivity contribution in [3.05, 3.63) is 60.4 Å². The SMILES string of the molecule is COC(=O)c1ccc(Nc2cc(-c3cccnc3)nc(NC(C)(C)C)n2)cc1. The molecule has 7 heteroatoms. The highest BCUT2D eigenvalue weighted by molar-refractivity contribution is 5.89. The monoisotopic (exact) mass is 377 g/mol. The predicted octanol–water partition coefficient (Wildman–Crippen LogP) is 4.28. The number of esters is 1. The molecule has 0 amide bonds. The smallest absolute Gasteiger partial charge is 0.337 e. The molecular formula is C21H23N5O2. The third-order valence-corrected chi connectivity index (χ3v) is 3.75. The van der Waals surface area contributed by atoms with Gasteiger partial charge in [0.2, 0.25) is 5.95 Å². The van der Waals surface area contributed by atoms with Crippen molar-refractivity contribution >= 4 is 23.4 Å². The number of methoxy groups -OCH3 is 1. The molecule has 0 saturated carbocycles. The minimum atomic E-state index is -0.371. The van der Waals surface area contributed by atoms with Crippen LogP contribution < -0.4 is 10.6 Å². The van der Waals surface area contributed by atoms with Crippen LogP contribution in [-0.2, 0) is 4.74 Å². The van der Waals surface area contributed by atoms with Gasteiger partial charge in [-0.3, -0.25) is 4.98 Å². The highest BCUT2D eigenvalue weighted by Gasteiger charge is 2.14. The Kier molecular flexibility index (Phi) is 5.54. The summed E-state index contributed by atoms with van der Waals surface area (Å²) in [6, 6.07) is 12.7. The van der Waals surface area contributed by atoms with Gasteiger partial charge in [0, 0.05) is 35.2 Å². The largest absolute Gasteiger partial charge is 0.465 e. The molecule has 1 aromatic carbocycles. The zero-order valence-corrected chi connectivity index (χ0v) is 16.4. The third-order valence-electron chi connectivity index (χ3n) is 3.75. The van der Waals surface area contributed by atoms with E-state index in [-0.39, 0.29) is 11.5 Å². The fourth-order valence-corrected chi connectivity index (χ4v) is 2.52. The first-order valence-corrected chi connectivity index (χ1v) is 8.87. The summed E-state index contributed by atoms with van der Waals surface area (Å²) in [6.45, 7) is 6.14. The van der Waals surface area contributed by atoms with Gasteiger partial charge in [-0.2, -0.15) is 4.98 Å². The number of pyridine rings is 1. The fraction of sp³-hybridized carbons (Fsp3) is 0.238. The van der Waals surface area contributed by atoms with E-state index in [4.69, 9.17) is 4.74 Å². The number of carbonyl (C=O) groups is 1. The second kappa shape index (κ2) is 8.04. The molecule has 0 aliphatic heterocycles. The summed E-state index contributed by atoms with van der Waals surface area (Å²) in [7, 11) is 1.36. The molecule has 0 atom stereocenters. The number of nitrogens with one attached hydrogen (secondary N) is 2. The number of rotatable bonds is 5. The first-order chi connectivity index (χ1) is 13.3. The second-order valence-corrected chi connectivity index (χ2v) is 7.27. The molecule has 0 fully saturated rings. The van der Waals surface area contributed by atoms with Gasteiger partial charge in [-0.05, 0) is 57.2 Å². The van der Waals surface area contributed by atoms with E-state index in [0.717, 1.165) is 16.9 Å². The summed E-state index contributed by atoms with van der Waals surface area (Å²) in [5.74, 6) is 0.776. The topological polar surface area (TPSA) is 89.0 Å². The highest BCUT2D eigenvalue weighted by atomic mass is 16.5. The average molecular weight is 377 g/mol. The molecule has 2 N–H and O–H groups in total. The van der Waals surface area contributed by atoms with E-state index in [1.165, 1.54) is 7.11 Å². The third kappa shape index (κ3) is 5.03. The molecule has 7 nitrogen and oxygen atoms in total. The molecule has 0 unspecified atom stereocenters. The van der Waals surface area contributed by atoms with Crippen LogP contribution in [0, 0.1) is 0 Å². The van der Waals surface area contributed by atoms with Gasteiger partial charge in [0.15, 0.2) is 0 Å². The highest BCUT2D eigenvalue weighted by Crippen LogP contribution is 2.24. The number of carbonyl (C=O) groups excluding carboxylic acids is 1. The van der Waals surface area contributed by atoms with Crippen molar-refractivity contribution in [3.63, 3.8) is 0 Å². The van der Waals surface area contributed by atoms with E-state index >= 15 is 0 Å². The van der Waals surface area contributed by atoms with E-state index in [9.17, 15) is 4.79 Å². The standard InChI is InChI=1S/C21H23N5O2/c1-21(2,3)26-20-24-17(15-6-5-11-22-13-15)12-18(25-20)23-16-9-7-14(8-10-16)19(27)28-4/h5-13H,1-4H3,(H2,23,24,25,26). The summed E-state index contributed by atoms with van der Waals surface area (Å²) in [4.78, 5) is 24.9. The van der Waals surface area contributed by atoms with Crippen LogP contribution in [0.1, 0.15) is 31.1 Å². The van der Waals surface area contributed by atoms with Gasteiger partial charge in [0.05, 0.1) is 18.4 Å². The number of aromatic nitrogens is 3. The van der Waals surface area contributed by atoms with Crippen LogP contribution in [0.25, 0.3) is 11.3 Å². The zero-order valence-electron chi connectivity index (χ0n) is 16.4. The molecular weight excluding hydrogens is 354 g/mol. The van der Waals surface area contributed by atoms with Crippen molar-refractivity contribution in [3.8, 4) is 11.3 Å². The molecule has 0 radical (unpaired) electrons. The minimum Gasteiger partial charge on any atom is -0.465 e. The number of hydrogen-bond acceptors (Lipinski definition) is 7. The maximum atomic E-state index is 11.6. The first-order valence-electron chi connectivity index (χ1n) is 8.87.